The van der Waals surface area contributed by atoms with E-state index in [9.17, 15) is 4.79 Å². The first-order chi connectivity index (χ1) is 10.8. The Bertz CT molecular complexity index is 677. The quantitative estimate of drug-likeness (QED) is 0.793. The second kappa shape index (κ2) is 5.88. The monoisotopic (exact) mass is 311 g/mol. The number of thiophene rings is 1. The average molecular weight is 311 g/mol. The largest absolute Gasteiger partial charge is 0.332 e. The summed E-state index contributed by atoms with van der Waals surface area (Å²) in [5.74, 6) is 0.210. The van der Waals surface area contributed by atoms with Gasteiger partial charge in [0.25, 0.3) is 5.91 Å². The molecule has 0 bridgehead atoms. The van der Waals surface area contributed by atoms with Crippen LogP contribution in [0.3, 0.4) is 0 Å². The molecule has 1 aromatic carbocycles. The Labute approximate surface area is 135 Å². The van der Waals surface area contributed by atoms with Crippen LogP contribution in [0.4, 0.5) is 0 Å². The summed E-state index contributed by atoms with van der Waals surface area (Å²) in [4.78, 5) is 15.0. The highest BCUT2D eigenvalue weighted by atomic mass is 32.1. The van der Waals surface area contributed by atoms with E-state index in [4.69, 9.17) is 0 Å². The van der Waals surface area contributed by atoms with Crippen molar-refractivity contribution >= 4 is 17.2 Å². The molecular formula is C19H21NOS. The van der Waals surface area contributed by atoms with Gasteiger partial charge in [0.15, 0.2) is 0 Å². The van der Waals surface area contributed by atoms with Gasteiger partial charge in [-0.05, 0) is 84.2 Å². The summed E-state index contributed by atoms with van der Waals surface area (Å²) in [6.07, 6.45) is 7.04. The van der Waals surface area contributed by atoms with E-state index in [1.165, 1.54) is 36.0 Å². The van der Waals surface area contributed by atoms with Crippen molar-refractivity contribution in [2.24, 2.45) is 0 Å². The molecule has 1 unspecified atom stereocenters. The first-order valence-electron chi connectivity index (χ1n) is 8.28. The molecule has 1 aromatic heterocycles. The fourth-order valence-corrected chi connectivity index (χ4v) is 4.56. The minimum atomic E-state index is 0.210. The van der Waals surface area contributed by atoms with E-state index in [1.54, 1.807) is 11.3 Å². The topological polar surface area (TPSA) is 20.3 Å². The third kappa shape index (κ3) is 2.48. The molecule has 1 fully saturated rings. The number of hydrogen-bond acceptors (Lipinski definition) is 2. The van der Waals surface area contributed by atoms with Crippen molar-refractivity contribution in [2.75, 3.05) is 6.54 Å². The molecule has 0 N–H and O–H groups in total. The number of hydrogen-bond donors (Lipinski definition) is 0. The lowest BCUT2D eigenvalue weighted by Gasteiger charge is -2.25. The number of likely N-dealkylation sites (tertiary alicyclic amines) is 1. The van der Waals surface area contributed by atoms with E-state index in [-0.39, 0.29) is 11.9 Å². The van der Waals surface area contributed by atoms with Crippen LogP contribution in [0.1, 0.15) is 58.8 Å². The molecule has 2 aromatic rings. The van der Waals surface area contributed by atoms with Crippen LogP contribution < -0.4 is 0 Å². The molecule has 0 spiro atoms. The first-order valence-corrected chi connectivity index (χ1v) is 9.22. The highest BCUT2D eigenvalue weighted by molar-refractivity contribution is 7.08. The fourth-order valence-electron chi connectivity index (χ4n) is 3.85. The second-order valence-electron chi connectivity index (χ2n) is 6.40. The number of rotatable bonds is 2. The van der Waals surface area contributed by atoms with Crippen molar-refractivity contribution in [1.82, 2.24) is 4.90 Å². The van der Waals surface area contributed by atoms with Crippen LogP contribution in [-0.2, 0) is 12.8 Å². The molecule has 3 heteroatoms. The zero-order valence-electron chi connectivity index (χ0n) is 12.8. The van der Waals surface area contributed by atoms with Crippen LogP contribution in [0.25, 0.3) is 0 Å². The normalized spacial score (nSPS) is 20.9. The Kier molecular flexibility index (Phi) is 3.75. The number of nitrogens with zero attached hydrogens (tertiary/aromatic N) is 1. The maximum absolute atomic E-state index is 13.0. The summed E-state index contributed by atoms with van der Waals surface area (Å²) in [7, 11) is 0. The number of carbonyl (C=O) groups is 1. The van der Waals surface area contributed by atoms with E-state index in [1.807, 2.05) is 6.07 Å². The molecule has 1 aliphatic carbocycles. The lowest BCUT2D eigenvalue weighted by molar-refractivity contribution is 0.0736. The van der Waals surface area contributed by atoms with E-state index < -0.39 is 0 Å². The van der Waals surface area contributed by atoms with Crippen LogP contribution in [0.2, 0.25) is 0 Å². The maximum atomic E-state index is 13.0. The highest BCUT2D eigenvalue weighted by Gasteiger charge is 2.31. The summed E-state index contributed by atoms with van der Waals surface area (Å²) < 4.78 is 0. The van der Waals surface area contributed by atoms with E-state index in [0.717, 1.165) is 31.4 Å². The van der Waals surface area contributed by atoms with Gasteiger partial charge in [-0.2, -0.15) is 11.3 Å². The summed E-state index contributed by atoms with van der Waals surface area (Å²) >= 11 is 1.72. The molecule has 1 saturated heterocycles. The molecule has 1 aliphatic heterocycles. The zero-order chi connectivity index (χ0) is 14.9. The van der Waals surface area contributed by atoms with Crippen LogP contribution in [0.5, 0.6) is 0 Å². The van der Waals surface area contributed by atoms with Crippen molar-refractivity contribution in [1.29, 1.82) is 0 Å². The van der Waals surface area contributed by atoms with Gasteiger partial charge in [-0.25, -0.2) is 0 Å². The first kappa shape index (κ1) is 14.0. The minimum Gasteiger partial charge on any atom is -0.332 e. The van der Waals surface area contributed by atoms with Gasteiger partial charge in [0.05, 0.1) is 6.04 Å². The third-order valence-corrected chi connectivity index (χ3v) is 5.74. The lowest BCUT2D eigenvalue weighted by atomic mass is 9.90. The predicted octanol–water partition coefficient (Wildman–Crippen LogP) is 4.60. The fraction of sp³-hybridized carbons (Fsp3) is 0.421. The number of amides is 1. The Balaban J connectivity index is 1.61. The molecule has 0 radical (unpaired) electrons. The van der Waals surface area contributed by atoms with Gasteiger partial charge in [-0.1, -0.05) is 6.07 Å². The van der Waals surface area contributed by atoms with Gasteiger partial charge in [0, 0.05) is 12.1 Å². The zero-order valence-corrected chi connectivity index (χ0v) is 13.6. The Hall–Kier alpha value is -1.61. The van der Waals surface area contributed by atoms with Gasteiger partial charge in [-0.15, -0.1) is 0 Å². The van der Waals surface area contributed by atoms with Crippen molar-refractivity contribution in [3.8, 4) is 0 Å². The van der Waals surface area contributed by atoms with Gasteiger partial charge in [-0.3, -0.25) is 4.79 Å². The molecule has 114 valence electrons. The minimum absolute atomic E-state index is 0.210. The van der Waals surface area contributed by atoms with Crippen LogP contribution >= 0.6 is 11.3 Å². The van der Waals surface area contributed by atoms with E-state index in [2.05, 4.69) is 33.9 Å². The van der Waals surface area contributed by atoms with Gasteiger partial charge in [0.2, 0.25) is 0 Å². The number of fused-ring (bicyclic) bond motifs is 1. The van der Waals surface area contributed by atoms with Gasteiger partial charge >= 0.3 is 0 Å². The maximum Gasteiger partial charge on any atom is 0.254 e. The van der Waals surface area contributed by atoms with Crippen molar-refractivity contribution in [3.05, 3.63) is 57.3 Å². The molecule has 0 saturated carbocycles. The number of aryl methyl sites for hydroxylation is 2. The smallest absolute Gasteiger partial charge is 0.254 e. The van der Waals surface area contributed by atoms with E-state index >= 15 is 0 Å². The molecule has 1 amide bonds. The van der Waals surface area contributed by atoms with Crippen molar-refractivity contribution < 1.29 is 4.79 Å². The van der Waals surface area contributed by atoms with Gasteiger partial charge < -0.3 is 4.90 Å². The standard InChI is InChI=1S/C19H21NOS/c21-19(16-8-7-14-4-1-2-5-15(14)12-16)20-10-3-6-18(20)17-9-11-22-13-17/h7-9,11-13,18H,1-6,10H2. The highest BCUT2D eigenvalue weighted by Crippen LogP contribution is 2.34. The molecule has 2 nitrogen and oxygen atoms in total. The lowest BCUT2D eigenvalue weighted by Crippen LogP contribution is -2.30. The van der Waals surface area contributed by atoms with Crippen molar-refractivity contribution in [2.45, 2.75) is 44.6 Å². The second-order valence-corrected chi connectivity index (χ2v) is 7.18. The summed E-state index contributed by atoms with van der Waals surface area (Å²) in [5, 5.41) is 4.29. The number of benzene rings is 1. The summed E-state index contributed by atoms with van der Waals surface area (Å²) in [5.41, 5.74) is 5.01. The average Bonchev–Trinajstić information content (AvgIpc) is 3.24. The molecule has 2 heterocycles. The molecule has 2 aliphatic rings. The van der Waals surface area contributed by atoms with Crippen LogP contribution in [0.15, 0.2) is 35.0 Å². The third-order valence-electron chi connectivity index (χ3n) is 5.04. The Morgan fingerprint density at radius 1 is 1.09 bits per heavy atom. The molecule has 4 rings (SSSR count). The van der Waals surface area contributed by atoms with Gasteiger partial charge in [0.1, 0.15) is 0 Å². The number of carbonyl (C=O) groups excluding carboxylic acids is 1. The summed E-state index contributed by atoms with van der Waals surface area (Å²) in [6.45, 7) is 0.885. The molecular weight excluding hydrogens is 290 g/mol. The van der Waals surface area contributed by atoms with Crippen LogP contribution in [-0.4, -0.2) is 17.4 Å². The van der Waals surface area contributed by atoms with Crippen LogP contribution in [0, 0.1) is 0 Å². The summed E-state index contributed by atoms with van der Waals surface area (Å²) in [6, 6.07) is 8.80. The van der Waals surface area contributed by atoms with Crippen molar-refractivity contribution in [3.63, 3.8) is 0 Å². The Morgan fingerprint density at radius 3 is 2.77 bits per heavy atom. The van der Waals surface area contributed by atoms with E-state index in [0.29, 0.717) is 0 Å². The predicted molar refractivity (Wildman–Crippen MR) is 90.4 cm³/mol. The molecule has 1 atom stereocenters. The SMILES string of the molecule is O=C(c1ccc2c(c1)CCCC2)N1CCCC1c1ccsc1. The Morgan fingerprint density at radius 2 is 1.95 bits per heavy atom. The molecule has 22 heavy (non-hydrogen) atoms.